The molecule has 18 heavy (non-hydrogen) atoms. The van der Waals surface area contributed by atoms with E-state index in [1.54, 1.807) is 6.07 Å². The lowest BCUT2D eigenvalue weighted by Gasteiger charge is -2.07. The minimum atomic E-state index is 0.229. The molecule has 0 aliphatic carbocycles. The van der Waals surface area contributed by atoms with Gasteiger partial charge in [0.2, 0.25) is 5.95 Å². The van der Waals surface area contributed by atoms with Crippen LogP contribution in [0.15, 0.2) is 18.2 Å². The summed E-state index contributed by atoms with van der Waals surface area (Å²) < 4.78 is 5.43. The average molecular weight is 244 g/mol. The first-order chi connectivity index (χ1) is 8.70. The number of hydrogen-bond acceptors (Lipinski definition) is 4. The van der Waals surface area contributed by atoms with Crippen molar-refractivity contribution in [3.8, 4) is 6.07 Å². The molecule has 0 radical (unpaired) electrons. The molecule has 0 saturated heterocycles. The molecule has 2 N–H and O–H groups in total. The fourth-order valence-electron chi connectivity index (χ4n) is 1.67. The topological polar surface area (TPSA) is 73.7 Å². The summed E-state index contributed by atoms with van der Waals surface area (Å²) in [6.07, 6.45) is 0.229. The number of nitriles is 1. The van der Waals surface area contributed by atoms with E-state index in [4.69, 9.17) is 10.00 Å². The van der Waals surface area contributed by atoms with Crippen LogP contribution in [0, 0.1) is 11.3 Å². The van der Waals surface area contributed by atoms with Crippen LogP contribution in [0.4, 0.5) is 5.95 Å². The predicted octanol–water partition coefficient (Wildman–Crippen LogP) is 2.27. The number of para-hydroxylation sites is 1. The van der Waals surface area contributed by atoms with E-state index in [2.05, 4.69) is 21.4 Å². The molecular formula is C13H16N4O. The lowest BCUT2D eigenvalue weighted by Crippen LogP contribution is -2.13. The number of imidazole rings is 1. The molecule has 2 aromatic rings. The van der Waals surface area contributed by atoms with Gasteiger partial charge in [0.05, 0.1) is 23.8 Å². The average Bonchev–Trinajstić information content (AvgIpc) is 2.76. The number of rotatable bonds is 5. The summed E-state index contributed by atoms with van der Waals surface area (Å²) in [6, 6.07) is 7.63. The normalized spacial score (nSPS) is 10.8. The third kappa shape index (κ3) is 2.79. The van der Waals surface area contributed by atoms with Crippen LogP contribution in [0.3, 0.4) is 0 Å². The van der Waals surface area contributed by atoms with E-state index in [0.717, 1.165) is 5.52 Å². The van der Waals surface area contributed by atoms with Crippen molar-refractivity contribution in [1.29, 1.82) is 5.26 Å². The Labute approximate surface area is 106 Å². The van der Waals surface area contributed by atoms with Crippen molar-refractivity contribution in [3.63, 3.8) is 0 Å². The fourth-order valence-corrected chi connectivity index (χ4v) is 1.67. The van der Waals surface area contributed by atoms with Gasteiger partial charge in [-0.05, 0) is 26.0 Å². The smallest absolute Gasteiger partial charge is 0.201 e. The molecule has 1 aromatic heterocycles. The SMILES string of the molecule is CC(C)OCCNc1nc2c(C#N)cccc2[nH]1. The van der Waals surface area contributed by atoms with Crippen LogP contribution >= 0.6 is 0 Å². The first-order valence-corrected chi connectivity index (χ1v) is 5.95. The van der Waals surface area contributed by atoms with E-state index in [0.29, 0.717) is 30.2 Å². The molecule has 94 valence electrons. The Hall–Kier alpha value is -2.06. The van der Waals surface area contributed by atoms with E-state index in [1.807, 2.05) is 26.0 Å². The predicted molar refractivity (Wildman–Crippen MR) is 70.4 cm³/mol. The number of aromatic amines is 1. The summed E-state index contributed by atoms with van der Waals surface area (Å²) in [4.78, 5) is 7.48. The molecule has 2 rings (SSSR count). The minimum Gasteiger partial charge on any atom is -0.377 e. The highest BCUT2D eigenvalue weighted by atomic mass is 16.5. The lowest BCUT2D eigenvalue weighted by molar-refractivity contribution is 0.0870. The Morgan fingerprint density at radius 1 is 1.50 bits per heavy atom. The van der Waals surface area contributed by atoms with E-state index in [-0.39, 0.29) is 6.10 Å². The molecule has 0 aliphatic heterocycles. The third-order valence-corrected chi connectivity index (χ3v) is 2.48. The van der Waals surface area contributed by atoms with Crippen LogP contribution in [0.1, 0.15) is 19.4 Å². The molecule has 5 nitrogen and oxygen atoms in total. The second kappa shape index (κ2) is 5.52. The zero-order valence-corrected chi connectivity index (χ0v) is 10.5. The highest BCUT2D eigenvalue weighted by Gasteiger charge is 2.06. The van der Waals surface area contributed by atoms with Crippen molar-refractivity contribution in [2.75, 3.05) is 18.5 Å². The molecule has 0 spiro atoms. The minimum absolute atomic E-state index is 0.229. The summed E-state index contributed by atoms with van der Waals surface area (Å²) in [5, 5.41) is 12.1. The van der Waals surface area contributed by atoms with E-state index >= 15 is 0 Å². The quantitative estimate of drug-likeness (QED) is 0.791. The van der Waals surface area contributed by atoms with Crippen LogP contribution in [-0.2, 0) is 4.74 Å². The summed E-state index contributed by atoms with van der Waals surface area (Å²) >= 11 is 0. The summed E-state index contributed by atoms with van der Waals surface area (Å²) in [6.45, 7) is 5.31. The second-order valence-electron chi connectivity index (χ2n) is 4.25. The summed E-state index contributed by atoms with van der Waals surface area (Å²) in [7, 11) is 0. The molecule has 0 amide bonds. The van der Waals surface area contributed by atoms with Gasteiger partial charge in [0.15, 0.2) is 0 Å². The second-order valence-corrected chi connectivity index (χ2v) is 4.25. The summed E-state index contributed by atoms with van der Waals surface area (Å²) in [5.41, 5.74) is 2.14. The monoisotopic (exact) mass is 244 g/mol. The van der Waals surface area contributed by atoms with Gasteiger partial charge in [0.25, 0.3) is 0 Å². The maximum absolute atomic E-state index is 8.98. The van der Waals surface area contributed by atoms with E-state index in [9.17, 15) is 0 Å². The molecule has 0 unspecified atom stereocenters. The van der Waals surface area contributed by atoms with Crippen molar-refractivity contribution in [2.24, 2.45) is 0 Å². The fraction of sp³-hybridized carbons (Fsp3) is 0.385. The highest BCUT2D eigenvalue weighted by molar-refractivity contribution is 5.83. The number of ether oxygens (including phenoxy) is 1. The summed E-state index contributed by atoms with van der Waals surface area (Å²) in [5.74, 6) is 0.667. The van der Waals surface area contributed by atoms with Crippen LogP contribution in [0.25, 0.3) is 11.0 Å². The zero-order valence-electron chi connectivity index (χ0n) is 10.5. The molecular weight excluding hydrogens is 228 g/mol. The number of anilines is 1. The van der Waals surface area contributed by atoms with Gasteiger partial charge in [-0.25, -0.2) is 4.98 Å². The van der Waals surface area contributed by atoms with E-state index in [1.165, 1.54) is 0 Å². The lowest BCUT2D eigenvalue weighted by atomic mass is 10.2. The maximum atomic E-state index is 8.98. The van der Waals surface area contributed by atoms with Gasteiger partial charge < -0.3 is 15.0 Å². The van der Waals surface area contributed by atoms with Crippen molar-refractivity contribution < 1.29 is 4.74 Å². The van der Waals surface area contributed by atoms with Gasteiger partial charge in [0.1, 0.15) is 11.6 Å². The Kier molecular flexibility index (Phi) is 3.80. The number of nitrogens with one attached hydrogen (secondary N) is 2. The molecule has 0 saturated carbocycles. The Balaban J connectivity index is 2.04. The van der Waals surface area contributed by atoms with Gasteiger partial charge in [0, 0.05) is 6.54 Å². The first-order valence-electron chi connectivity index (χ1n) is 5.95. The van der Waals surface area contributed by atoms with Crippen LogP contribution in [0.5, 0.6) is 0 Å². The van der Waals surface area contributed by atoms with Crippen LogP contribution < -0.4 is 5.32 Å². The number of aromatic nitrogens is 2. The Morgan fingerprint density at radius 3 is 3.06 bits per heavy atom. The Bertz CT molecular complexity index is 568. The molecule has 5 heteroatoms. The molecule has 1 aromatic carbocycles. The standard InChI is InChI=1S/C13H16N4O/c1-9(2)18-7-6-15-13-16-11-5-3-4-10(8-14)12(11)17-13/h3-5,9H,6-7H2,1-2H3,(H2,15,16,17). The van der Waals surface area contributed by atoms with Crippen molar-refractivity contribution in [1.82, 2.24) is 9.97 Å². The third-order valence-electron chi connectivity index (χ3n) is 2.48. The van der Waals surface area contributed by atoms with Gasteiger partial charge >= 0.3 is 0 Å². The Morgan fingerprint density at radius 2 is 2.33 bits per heavy atom. The van der Waals surface area contributed by atoms with Gasteiger partial charge in [-0.2, -0.15) is 5.26 Å². The zero-order chi connectivity index (χ0) is 13.0. The van der Waals surface area contributed by atoms with Gasteiger partial charge in [-0.15, -0.1) is 0 Å². The highest BCUT2D eigenvalue weighted by Crippen LogP contribution is 2.17. The molecule has 0 atom stereocenters. The number of H-pyrrole nitrogens is 1. The van der Waals surface area contributed by atoms with Crippen molar-refractivity contribution in [2.45, 2.75) is 20.0 Å². The van der Waals surface area contributed by atoms with Gasteiger partial charge in [-0.3, -0.25) is 0 Å². The molecule has 0 bridgehead atoms. The maximum Gasteiger partial charge on any atom is 0.201 e. The molecule has 0 aliphatic rings. The van der Waals surface area contributed by atoms with Crippen LogP contribution in [-0.4, -0.2) is 29.2 Å². The van der Waals surface area contributed by atoms with Crippen molar-refractivity contribution in [3.05, 3.63) is 23.8 Å². The molecule has 1 heterocycles. The van der Waals surface area contributed by atoms with Crippen LogP contribution in [0.2, 0.25) is 0 Å². The molecule has 0 fully saturated rings. The van der Waals surface area contributed by atoms with Gasteiger partial charge in [-0.1, -0.05) is 6.07 Å². The number of nitrogens with zero attached hydrogens (tertiary/aromatic N) is 2. The first kappa shape index (κ1) is 12.4. The number of benzene rings is 1. The largest absolute Gasteiger partial charge is 0.377 e. The van der Waals surface area contributed by atoms with E-state index < -0.39 is 0 Å². The number of hydrogen-bond donors (Lipinski definition) is 2. The van der Waals surface area contributed by atoms with Crippen molar-refractivity contribution >= 4 is 17.0 Å². The number of fused-ring (bicyclic) bond motifs is 1.